The van der Waals surface area contributed by atoms with Gasteiger partial charge in [0.2, 0.25) is 0 Å². The van der Waals surface area contributed by atoms with Crippen molar-refractivity contribution in [1.82, 2.24) is 19.1 Å². The molecule has 0 radical (unpaired) electrons. The van der Waals surface area contributed by atoms with Crippen molar-refractivity contribution in [3.63, 3.8) is 0 Å². The van der Waals surface area contributed by atoms with E-state index in [9.17, 15) is 14.3 Å². The van der Waals surface area contributed by atoms with E-state index >= 15 is 0 Å². The van der Waals surface area contributed by atoms with Crippen molar-refractivity contribution in [2.45, 2.75) is 31.5 Å². The molecule has 0 aliphatic carbocycles. The Morgan fingerprint density at radius 3 is 3.00 bits per heavy atom. The van der Waals surface area contributed by atoms with Gasteiger partial charge >= 0.3 is 0 Å². The molecule has 2 aromatic heterocycles. The van der Waals surface area contributed by atoms with Gasteiger partial charge in [0, 0.05) is 8.42 Å². The Hall–Kier alpha value is -1.80. The molecule has 102 valence electrons. The fraction of sp³-hybridized carbons (Fsp3) is 0.545. The molecule has 2 aromatic rings. The number of ether oxygens (including phenoxy) is 1. The van der Waals surface area contributed by atoms with Crippen LogP contribution in [-0.2, 0) is 11.8 Å². The summed E-state index contributed by atoms with van der Waals surface area (Å²) in [5, 5.41) is 9.66. The van der Waals surface area contributed by atoms with E-state index in [1.807, 2.05) is 0 Å². The summed E-state index contributed by atoms with van der Waals surface area (Å²) in [5.74, 6) is 0. The zero-order valence-corrected chi connectivity index (χ0v) is 10.1. The third-order valence-electron chi connectivity index (χ3n) is 3.21. The molecule has 0 saturated carbocycles. The number of aliphatic hydroxyl groups is 1. The summed E-state index contributed by atoms with van der Waals surface area (Å²) in [7, 11) is 1.54. The van der Waals surface area contributed by atoms with Crippen LogP contribution in [0.2, 0.25) is 0 Å². The zero-order chi connectivity index (χ0) is 14.4. The van der Waals surface area contributed by atoms with Crippen molar-refractivity contribution in [1.29, 1.82) is 0 Å². The van der Waals surface area contributed by atoms with Crippen molar-refractivity contribution in [2.75, 3.05) is 0 Å². The molecule has 1 aliphatic heterocycles. The lowest BCUT2D eigenvalue weighted by molar-refractivity contribution is -0.0137. The van der Waals surface area contributed by atoms with Gasteiger partial charge < -0.3 is 14.4 Å². The fourth-order valence-corrected chi connectivity index (χ4v) is 2.11. The van der Waals surface area contributed by atoms with E-state index in [4.69, 9.17) is 6.11 Å². The highest BCUT2D eigenvalue weighted by Gasteiger charge is 2.43. The second kappa shape index (κ2) is 4.10. The van der Waals surface area contributed by atoms with Crippen LogP contribution >= 0.6 is 0 Å². The number of rotatable bonds is 1. The molecule has 0 unspecified atom stereocenters. The molecule has 3 rings (SSSR count). The molecule has 8 heteroatoms. The molecule has 1 fully saturated rings. The fourth-order valence-electron chi connectivity index (χ4n) is 2.11. The first-order chi connectivity index (χ1) is 9.54. The number of fused-ring (bicyclic) bond motifs is 1. The van der Waals surface area contributed by atoms with Gasteiger partial charge in [-0.25, -0.2) is 14.4 Å². The molecule has 0 aromatic carbocycles. The first-order valence-electron chi connectivity index (χ1n) is 6.40. The summed E-state index contributed by atoms with van der Waals surface area (Å²) in [6.07, 6.45) is -2.54. The molecule has 1 N–H and O–H groups in total. The molecule has 4 atom stereocenters. The van der Waals surface area contributed by atoms with Crippen LogP contribution in [0.5, 0.6) is 0 Å². The van der Waals surface area contributed by atoms with Crippen LogP contribution in [0.25, 0.3) is 11.2 Å². The standard InChI is InChI=1S/C11H13FN4O3/c1-5-8(17)6(12)11(19-5)16-4-13-7-9(16)14-3-15(2)10(7)18/h3-6,8,11,17H,1-2H3/t5-,6-,8-,11-/m1/s1/i1D. The summed E-state index contributed by atoms with van der Waals surface area (Å²) < 4.78 is 29.2. The van der Waals surface area contributed by atoms with Crippen molar-refractivity contribution >= 4 is 11.2 Å². The summed E-state index contributed by atoms with van der Waals surface area (Å²) in [6.45, 7) is -0.250. The van der Waals surface area contributed by atoms with Gasteiger partial charge in [-0.3, -0.25) is 9.36 Å². The highest BCUT2D eigenvalue weighted by atomic mass is 19.1. The van der Waals surface area contributed by atoms with Crippen LogP contribution in [0.1, 0.15) is 14.5 Å². The molecule has 0 bridgehead atoms. The van der Waals surface area contributed by atoms with Crippen LogP contribution in [0.4, 0.5) is 4.39 Å². The van der Waals surface area contributed by atoms with E-state index in [2.05, 4.69) is 9.97 Å². The summed E-state index contributed by atoms with van der Waals surface area (Å²) in [6, 6.07) is 0. The number of nitrogens with zero attached hydrogens (tertiary/aromatic N) is 4. The quantitative estimate of drug-likeness (QED) is 0.771. The maximum atomic E-state index is 14.1. The molecule has 1 aliphatic rings. The number of aliphatic hydroxyl groups excluding tert-OH is 1. The van der Waals surface area contributed by atoms with Gasteiger partial charge in [0.15, 0.2) is 23.6 Å². The van der Waals surface area contributed by atoms with Gasteiger partial charge in [0.05, 0.1) is 18.8 Å². The van der Waals surface area contributed by atoms with Crippen molar-refractivity contribution in [3.8, 4) is 0 Å². The van der Waals surface area contributed by atoms with Crippen LogP contribution in [0.15, 0.2) is 17.4 Å². The number of hydrogen-bond acceptors (Lipinski definition) is 5. The van der Waals surface area contributed by atoms with Crippen LogP contribution in [0.3, 0.4) is 0 Å². The normalized spacial score (nSPS) is 31.8. The predicted octanol–water partition coefficient (Wildman–Crippen LogP) is -0.254. The van der Waals surface area contributed by atoms with Crippen LogP contribution in [-0.4, -0.2) is 42.6 Å². The lowest BCUT2D eigenvalue weighted by Crippen LogP contribution is -2.26. The van der Waals surface area contributed by atoms with Crippen molar-refractivity contribution in [3.05, 3.63) is 23.0 Å². The third-order valence-corrected chi connectivity index (χ3v) is 3.21. The predicted molar refractivity (Wildman–Crippen MR) is 63.3 cm³/mol. The zero-order valence-electron chi connectivity index (χ0n) is 11.1. The Morgan fingerprint density at radius 1 is 1.53 bits per heavy atom. The number of alkyl halides is 1. The van der Waals surface area contributed by atoms with E-state index in [0.717, 1.165) is 0 Å². The van der Waals surface area contributed by atoms with Gasteiger partial charge in [-0.15, -0.1) is 0 Å². The minimum Gasteiger partial charge on any atom is -0.387 e. The van der Waals surface area contributed by atoms with Crippen LogP contribution < -0.4 is 5.56 Å². The lowest BCUT2D eigenvalue weighted by atomic mass is 10.2. The third kappa shape index (κ3) is 1.67. The molecule has 19 heavy (non-hydrogen) atoms. The van der Waals surface area contributed by atoms with Crippen molar-refractivity contribution in [2.24, 2.45) is 7.05 Å². The first kappa shape index (κ1) is 11.1. The average molecular weight is 269 g/mol. The number of hydrogen-bond donors (Lipinski definition) is 1. The minimum atomic E-state index is -1.70. The Labute approximate surface area is 108 Å². The molecule has 3 heterocycles. The summed E-state index contributed by atoms with van der Waals surface area (Å²) in [4.78, 5) is 19.8. The summed E-state index contributed by atoms with van der Waals surface area (Å²) in [5.41, 5.74) is -0.0482. The smallest absolute Gasteiger partial charge is 0.281 e. The molecule has 0 spiro atoms. The van der Waals surface area contributed by atoms with E-state index in [1.54, 1.807) is 0 Å². The highest BCUT2D eigenvalue weighted by molar-refractivity contribution is 5.69. The number of imidazole rings is 1. The Balaban J connectivity index is 2.08. The van der Waals surface area contributed by atoms with E-state index in [-0.39, 0.29) is 23.6 Å². The second-order valence-electron chi connectivity index (χ2n) is 4.48. The van der Waals surface area contributed by atoms with Crippen molar-refractivity contribution < 1.29 is 15.6 Å². The largest absolute Gasteiger partial charge is 0.387 e. The van der Waals surface area contributed by atoms with Crippen LogP contribution in [0, 0.1) is 0 Å². The minimum absolute atomic E-state index is 0.106. The lowest BCUT2D eigenvalue weighted by Gasteiger charge is -2.14. The number of aromatic nitrogens is 4. The molecule has 7 nitrogen and oxygen atoms in total. The van der Waals surface area contributed by atoms with Gasteiger partial charge in [-0.05, 0) is 6.90 Å². The van der Waals surface area contributed by atoms with E-state index in [0.29, 0.717) is 0 Å². The molecule has 1 saturated heterocycles. The van der Waals surface area contributed by atoms with Gasteiger partial charge in [-0.1, -0.05) is 0 Å². The van der Waals surface area contributed by atoms with E-state index in [1.165, 1.54) is 28.8 Å². The monoisotopic (exact) mass is 269 g/mol. The Kier molecular flexibility index (Phi) is 2.39. The second-order valence-corrected chi connectivity index (χ2v) is 4.48. The highest BCUT2D eigenvalue weighted by Crippen LogP contribution is 2.32. The number of aryl methyl sites for hydroxylation is 1. The van der Waals surface area contributed by atoms with Gasteiger partial charge in [0.25, 0.3) is 5.56 Å². The Bertz CT molecular complexity index is 703. The maximum Gasteiger partial charge on any atom is 0.281 e. The number of halogens is 1. The van der Waals surface area contributed by atoms with E-state index < -0.39 is 24.6 Å². The van der Waals surface area contributed by atoms with Gasteiger partial charge in [0.1, 0.15) is 6.10 Å². The average Bonchev–Trinajstić information content (AvgIpc) is 2.98. The summed E-state index contributed by atoms with van der Waals surface area (Å²) >= 11 is 0. The Morgan fingerprint density at radius 2 is 2.32 bits per heavy atom. The first-order valence-corrected chi connectivity index (χ1v) is 5.69. The molecule has 0 amide bonds. The SMILES string of the molecule is [2H]C[C@H]1O[C@@H](n2cnc3c(=O)n(C)cnc32)[C@H](F)[C@@H]1O. The van der Waals surface area contributed by atoms with Gasteiger partial charge in [-0.2, -0.15) is 0 Å². The molecular formula is C11H13FN4O3. The topological polar surface area (TPSA) is 82.2 Å². The maximum absolute atomic E-state index is 14.1. The molecular weight excluding hydrogens is 255 g/mol.